The van der Waals surface area contributed by atoms with E-state index in [9.17, 15) is 9.18 Å². The minimum Gasteiger partial charge on any atom is -0.435 e. The van der Waals surface area contributed by atoms with E-state index >= 15 is 0 Å². The van der Waals surface area contributed by atoms with E-state index in [0.717, 1.165) is 5.56 Å². The van der Waals surface area contributed by atoms with Crippen molar-refractivity contribution in [3.63, 3.8) is 0 Å². The van der Waals surface area contributed by atoms with Crippen molar-refractivity contribution in [2.24, 2.45) is 0 Å². The first-order valence-corrected chi connectivity index (χ1v) is 9.10. The zero-order valence-electron chi connectivity index (χ0n) is 14.6. The van der Waals surface area contributed by atoms with Crippen molar-refractivity contribution < 1.29 is 13.6 Å². The molecule has 0 atom stereocenters. The van der Waals surface area contributed by atoms with Crippen LogP contribution in [-0.2, 0) is 0 Å². The number of hydrogen-bond acceptors (Lipinski definition) is 3. The molecule has 0 radical (unpaired) electrons. The summed E-state index contributed by atoms with van der Waals surface area (Å²) in [5.41, 5.74) is 3.47. The average molecular weight is 415 g/mol. The predicted octanol–water partition coefficient (Wildman–Crippen LogP) is 6.50. The fraction of sp³-hybridized carbons (Fsp3) is 0.0476. The molecule has 1 heterocycles. The molecule has 0 bridgehead atoms. The molecular weight excluding hydrogens is 402 g/mol. The summed E-state index contributed by atoms with van der Waals surface area (Å²) in [7, 11) is 0. The van der Waals surface area contributed by atoms with Crippen LogP contribution < -0.4 is 5.32 Å². The minimum atomic E-state index is -0.399. The highest BCUT2D eigenvalue weighted by molar-refractivity contribution is 6.38. The lowest BCUT2D eigenvalue weighted by Crippen LogP contribution is -2.12. The van der Waals surface area contributed by atoms with Crippen LogP contribution in [0.2, 0.25) is 10.0 Å². The summed E-state index contributed by atoms with van der Waals surface area (Å²) in [4.78, 5) is 16.9. The molecule has 0 aliphatic heterocycles. The maximum absolute atomic E-state index is 13.1. The summed E-state index contributed by atoms with van der Waals surface area (Å²) in [6.45, 7) is 1.87. The van der Waals surface area contributed by atoms with E-state index in [0.29, 0.717) is 43.9 Å². The van der Waals surface area contributed by atoms with Gasteiger partial charge in [-0.25, -0.2) is 9.37 Å². The van der Waals surface area contributed by atoms with Gasteiger partial charge in [0.15, 0.2) is 5.58 Å². The normalized spacial score (nSPS) is 11.0. The number of carbonyl (C=O) groups excluding carboxylic acids is 1. The molecule has 1 amide bonds. The van der Waals surface area contributed by atoms with E-state index in [1.807, 2.05) is 19.1 Å². The van der Waals surface area contributed by atoms with Crippen LogP contribution in [0.4, 0.5) is 10.1 Å². The van der Waals surface area contributed by atoms with Gasteiger partial charge >= 0.3 is 0 Å². The SMILES string of the molecule is Cc1ccc(-c2nc3cc(Cl)cc(Cl)c3o2)cc1NC(=O)c1ccc(F)cc1. The minimum absolute atomic E-state index is 0.340. The van der Waals surface area contributed by atoms with Crippen molar-refractivity contribution in [2.75, 3.05) is 5.32 Å². The molecular formula is C21H13Cl2FN2O2. The van der Waals surface area contributed by atoms with Gasteiger partial charge in [0.25, 0.3) is 5.91 Å². The molecule has 0 spiro atoms. The number of aromatic nitrogens is 1. The van der Waals surface area contributed by atoms with Crippen molar-refractivity contribution >= 4 is 45.9 Å². The van der Waals surface area contributed by atoms with Crippen LogP contribution in [0, 0.1) is 12.7 Å². The van der Waals surface area contributed by atoms with Crippen molar-refractivity contribution in [3.8, 4) is 11.5 Å². The predicted molar refractivity (Wildman–Crippen MR) is 109 cm³/mol. The Balaban J connectivity index is 1.68. The zero-order valence-corrected chi connectivity index (χ0v) is 16.1. The Morgan fingerprint density at radius 1 is 1.07 bits per heavy atom. The van der Waals surface area contributed by atoms with E-state index in [4.69, 9.17) is 27.6 Å². The van der Waals surface area contributed by atoms with Gasteiger partial charge in [0.1, 0.15) is 11.3 Å². The number of oxazole rings is 1. The Morgan fingerprint density at radius 3 is 2.57 bits per heavy atom. The van der Waals surface area contributed by atoms with Crippen LogP contribution in [0.3, 0.4) is 0 Å². The Morgan fingerprint density at radius 2 is 1.82 bits per heavy atom. The van der Waals surface area contributed by atoms with Gasteiger partial charge in [0, 0.05) is 21.8 Å². The largest absolute Gasteiger partial charge is 0.435 e. The number of hydrogen-bond donors (Lipinski definition) is 1. The molecule has 4 rings (SSSR count). The van der Waals surface area contributed by atoms with E-state index in [-0.39, 0.29) is 5.91 Å². The third-order valence-corrected chi connectivity index (χ3v) is 4.75. The summed E-state index contributed by atoms with van der Waals surface area (Å²) >= 11 is 12.2. The van der Waals surface area contributed by atoms with Crippen molar-refractivity contribution in [1.82, 2.24) is 4.98 Å². The topological polar surface area (TPSA) is 55.1 Å². The van der Waals surface area contributed by atoms with Crippen molar-refractivity contribution in [2.45, 2.75) is 6.92 Å². The smallest absolute Gasteiger partial charge is 0.255 e. The lowest BCUT2D eigenvalue weighted by Gasteiger charge is -2.09. The number of nitrogens with one attached hydrogen (secondary N) is 1. The molecule has 0 aliphatic rings. The Kier molecular flexibility index (Phi) is 4.79. The third kappa shape index (κ3) is 3.59. The quantitative estimate of drug-likeness (QED) is 0.416. The third-order valence-electron chi connectivity index (χ3n) is 4.25. The maximum Gasteiger partial charge on any atom is 0.255 e. The van der Waals surface area contributed by atoms with E-state index in [2.05, 4.69) is 10.3 Å². The van der Waals surface area contributed by atoms with Crippen molar-refractivity contribution in [1.29, 1.82) is 0 Å². The number of halogens is 3. The zero-order chi connectivity index (χ0) is 19.8. The number of aryl methyl sites for hydroxylation is 1. The van der Waals surface area contributed by atoms with Gasteiger partial charge in [-0.2, -0.15) is 0 Å². The number of nitrogens with zero attached hydrogens (tertiary/aromatic N) is 1. The summed E-state index contributed by atoms with van der Waals surface area (Å²) in [5, 5.41) is 3.67. The average Bonchev–Trinajstić information content (AvgIpc) is 3.08. The molecule has 0 aliphatic carbocycles. The fourth-order valence-corrected chi connectivity index (χ4v) is 3.29. The first-order chi connectivity index (χ1) is 13.4. The first-order valence-electron chi connectivity index (χ1n) is 8.34. The summed E-state index contributed by atoms with van der Waals surface area (Å²) in [5.74, 6) is -0.381. The van der Waals surface area contributed by atoms with Gasteiger partial charge in [0.05, 0.1) is 5.02 Å². The number of rotatable bonds is 3. The Hall–Kier alpha value is -2.89. The fourth-order valence-electron chi connectivity index (χ4n) is 2.77. The number of amides is 1. The molecule has 3 aromatic carbocycles. The highest BCUT2D eigenvalue weighted by Crippen LogP contribution is 2.33. The molecule has 7 heteroatoms. The molecule has 28 heavy (non-hydrogen) atoms. The van der Waals surface area contributed by atoms with Gasteiger partial charge in [-0.05, 0) is 61.0 Å². The van der Waals surface area contributed by atoms with Gasteiger partial charge < -0.3 is 9.73 Å². The molecule has 0 saturated carbocycles. The number of carbonyl (C=O) groups is 1. The highest BCUT2D eigenvalue weighted by atomic mass is 35.5. The van der Waals surface area contributed by atoms with E-state index in [1.54, 1.807) is 18.2 Å². The lowest BCUT2D eigenvalue weighted by molar-refractivity contribution is 0.102. The number of anilines is 1. The monoisotopic (exact) mass is 414 g/mol. The summed E-state index contributed by atoms with van der Waals surface area (Å²) < 4.78 is 18.8. The second-order valence-electron chi connectivity index (χ2n) is 6.25. The van der Waals surface area contributed by atoms with Crippen LogP contribution in [0.5, 0.6) is 0 Å². The van der Waals surface area contributed by atoms with Gasteiger partial charge in [-0.15, -0.1) is 0 Å². The van der Waals surface area contributed by atoms with Crippen LogP contribution >= 0.6 is 23.2 Å². The van der Waals surface area contributed by atoms with Crippen LogP contribution in [0.1, 0.15) is 15.9 Å². The second-order valence-corrected chi connectivity index (χ2v) is 7.09. The van der Waals surface area contributed by atoms with Gasteiger partial charge in [-0.1, -0.05) is 29.3 Å². The molecule has 4 nitrogen and oxygen atoms in total. The van der Waals surface area contributed by atoms with Crippen LogP contribution in [-0.4, -0.2) is 10.9 Å². The molecule has 1 aromatic heterocycles. The molecule has 0 unspecified atom stereocenters. The number of fused-ring (bicyclic) bond motifs is 1. The molecule has 1 N–H and O–H groups in total. The highest BCUT2D eigenvalue weighted by Gasteiger charge is 2.14. The first kappa shape index (κ1) is 18.5. The molecule has 0 fully saturated rings. The lowest BCUT2D eigenvalue weighted by atomic mass is 10.1. The Bertz CT molecular complexity index is 1200. The summed E-state index contributed by atoms with van der Waals surface area (Å²) in [6.07, 6.45) is 0. The second kappa shape index (κ2) is 7.26. The van der Waals surface area contributed by atoms with E-state index in [1.165, 1.54) is 24.3 Å². The molecule has 0 saturated heterocycles. The standard InChI is InChI=1S/C21H13Cl2FN2O2/c1-11-2-3-13(21-26-18-10-14(22)9-16(23)19(18)28-21)8-17(11)25-20(27)12-4-6-15(24)7-5-12/h2-10H,1H3,(H,25,27). The van der Waals surface area contributed by atoms with E-state index < -0.39 is 5.82 Å². The van der Waals surface area contributed by atoms with Gasteiger partial charge in [0.2, 0.25) is 5.89 Å². The van der Waals surface area contributed by atoms with Crippen LogP contribution in [0.25, 0.3) is 22.6 Å². The molecule has 140 valence electrons. The summed E-state index contributed by atoms with van der Waals surface area (Å²) in [6, 6.07) is 14.0. The Labute approximate surface area is 169 Å². The molecule has 4 aromatic rings. The van der Waals surface area contributed by atoms with Crippen molar-refractivity contribution in [3.05, 3.63) is 81.6 Å². The van der Waals surface area contributed by atoms with Crippen LogP contribution in [0.15, 0.2) is 59.0 Å². The maximum atomic E-state index is 13.1. The van der Waals surface area contributed by atoms with Gasteiger partial charge in [-0.3, -0.25) is 4.79 Å². The number of benzene rings is 3.